The first kappa shape index (κ1) is 61.6. The van der Waals surface area contributed by atoms with Crippen molar-refractivity contribution in [2.75, 3.05) is 27.2 Å². The minimum atomic E-state index is -1.01. The summed E-state index contributed by atoms with van der Waals surface area (Å²) in [4.78, 5) is 116. The Balaban J connectivity index is 1.06. The van der Waals surface area contributed by atoms with Gasteiger partial charge in [-0.15, -0.1) is 0 Å². The van der Waals surface area contributed by atoms with Gasteiger partial charge in [0.2, 0.25) is 35.4 Å². The number of hydrogen-bond acceptors (Lipinski definition) is 10. The number of Topliss-reactive ketones (excluding diaryl/α,β-unsaturated/α-hetero) is 1. The number of ketones is 1. The van der Waals surface area contributed by atoms with Crippen LogP contribution in [0.15, 0.2) is 133 Å². The number of nitrogens with zero attached hydrogens (tertiary/aromatic N) is 2. The molecule has 0 aliphatic carbocycles. The largest absolute Gasteiger partial charge is 0.350 e. The molecule has 8 atom stereocenters. The van der Waals surface area contributed by atoms with Gasteiger partial charge in [-0.05, 0) is 103 Å². The van der Waals surface area contributed by atoms with Gasteiger partial charge in [0.15, 0.2) is 5.78 Å². The number of hydrogen-bond donors (Lipinski definition) is 7. The topological polar surface area (TPSA) is 227 Å². The molecule has 0 unspecified atom stereocenters. The summed E-state index contributed by atoms with van der Waals surface area (Å²) < 4.78 is 0. The maximum Gasteiger partial charge on any atom is 0.251 e. The first-order chi connectivity index (χ1) is 39.0. The fourth-order valence-corrected chi connectivity index (χ4v) is 10.6. The Morgan fingerprint density at radius 3 is 1.35 bits per heavy atom. The second kappa shape index (κ2) is 27.2. The molecule has 2 fully saturated rings. The van der Waals surface area contributed by atoms with Gasteiger partial charge in [-0.3, -0.25) is 38.4 Å². The van der Waals surface area contributed by atoms with E-state index in [1.165, 1.54) is 9.80 Å². The van der Waals surface area contributed by atoms with Gasteiger partial charge in [-0.25, -0.2) is 0 Å². The molecule has 7 amide bonds. The molecule has 434 valence electrons. The number of likely N-dealkylation sites (tertiary alicyclic amines) is 2. The van der Waals surface area contributed by atoms with E-state index in [2.05, 4.69) is 37.2 Å². The van der Waals surface area contributed by atoms with Crippen LogP contribution in [-0.2, 0) is 41.9 Å². The maximum atomic E-state index is 14.7. The lowest BCUT2D eigenvalue weighted by Gasteiger charge is -2.36. The van der Waals surface area contributed by atoms with E-state index in [0.29, 0.717) is 5.56 Å². The Kier molecular flexibility index (Phi) is 20.4. The van der Waals surface area contributed by atoms with Gasteiger partial charge in [-0.1, -0.05) is 163 Å². The van der Waals surface area contributed by atoms with Crippen LogP contribution in [0.1, 0.15) is 106 Å². The Morgan fingerprint density at radius 1 is 0.512 bits per heavy atom. The number of carbonyl (C=O) groups excluding carboxylic acids is 8. The monoisotopic (exact) mass is 1120 g/mol. The highest BCUT2D eigenvalue weighted by atomic mass is 16.2. The van der Waals surface area contributed by atoms with Crippen molar-refractivity contribution in [3.05, 3.63) is 156 Å². The average Bonchev–Trinajstić information content (AvgIpc) is 4.31. The summed E-state index contributed by atoms with van der Waals surface area (Å²) in [6, 6.07) is 35.6. The summed E-state index contributed by atoms with van der Waals surface area (Å²) in [7, 11) is 3.30. The highest BCUT2D eigenvalue weighted by Gasteiger charge is 2.47. The predicted octanol–water partition coefficient (Wildman–Crippen LogP) is 6.42. The van der Waals surface area contributed by atoms with Crippen LogP contribution in [0.3, 0.4) is 0 Å². The van der Waals surface area contributed by atoms with Crippen molar-refractivity contribution in [1.29, 1.82) is 0 Å². The molecule has 2 saturated heterocycles. The highest BCUT2D eigenvalue weighted by molar-refractivity contribution is 6.00. The summed E-state index contributed by atoms with van der Waals surface area (Å²) in [6.45, 7) is 14.9. The molecule has 5 aromatic rings. The van der Waals surface area contributed by atoms with Gasteiger partial charge in [0.25, 0.3) is 5.91 Å². The molecule has 0 spiro atoms. The first-order valence-electron chi connectivity index (χ1n) is 28.3. The first-order valence-corrected chi connectivity index (χ1v) is 28.3. The van der Waals surface area contributed by atoms with Gasteiger partial charge in [0.05, 0.1) is 12.1 Å². The maximum absolute atomic E-state index is 14.7. The van der Waals surface area contributed by atoms with E-state index >= 15 is 0 Å². The van der Waals surface area contributed by atoms with E-state index in [1.54, 1.807) is 52.2 Å². The predicted molar refractivity (Wildman–Crippen MR) is 318 cm³/mol. The van der Waals surface area contributed by atoms with Gasteiger partial charge >= 0.3 is 0 Å². The van der Waals surface area contributed by atoms with Gasteiger partial charge in [0.1, 0.15) is 24.2 Å². The Hall–Kier alpha value is -8.02. The Morgan fingerprint density at radius 2 is 0.915 bits per heavy atom. The molecule has 2 aliphatic heterocycles. The Bertz CT molecular complexity index is 2880. The molecule has 82 heavy (non-hydrogen) atoms. The number of benzene rings is 5. The van der Waals surface area contributed by atoms with Crippen LogP contribution in [0, 0.1) is 16.7 Å². The molecule has 2 aliphatic rings. The van der Waals surface area contributed by atoms with Crippen LogP contribution < -0.4 is 37.2 Å². The third kappa shape index (κ3) is 15.3. The third-order valence-corrected chi connectivity index (χ3v) is 15.7. The SMILES string of the molecule is CN[C@@H](C)C(=O)N[C@H](C(=O)N1C[C@@H](CC(=O)c2ccc(C(=O)N[C@H]3C[C@@H](C(=O)NCc4ccccc4-c4ccccc4)N(C(=O)[C@@H](NC(=O)[C@H](C)NC)C(C)(C)C)C3)cc2)C[C@H]1C(=O)NCc1ccccc1-c1ccccc1)C(C)(C)C. The molecular weight excluding hydrogens is 1030 g/mol. The van der Waals surface area contributed by atoms with E-state index in [1.807, 2.05) is 151 Å². The summed E-state index contributed by atoms with van der Waals surface area (Å²) in [6.07, 6.45) is 0.286. The minimum absolute atomic E-state index is 0.00358. The number of likely N-dealkylation sites (N-methyl/N-ethyl adjacent to an activating group) is 2. The standard InChI is InChI=1S/C65H81N9O8/c1-40(66-9)57(76)71-55(64(3,4)5)62(81)73-38-42(33-52(73)60(79)68-36-47-25-17-19-27-50(47)43-21-13-11-14-22-43)34-54(75)45-29-31-46(32-30-45)59(78)70-49-35-53(74(39-49)63(82)56(65(6,7)8)72-58(77)41(2)67-10)61(80)69-37-48-26-18-20-28-51(48)44-23-15-12-16-24-44/h11-32,40-42,49,52-53,55-56,66-67H,33-39H2,1-10H3,(H,68,79)(H,69,80)(H,70,78)(H,71,76)(H,72,77)/t40-,41-,42+,49-,52-,53-,55+,56+/m0/s1. The molecule has 7 N–H and O–H groups in total. The van der Waals surface area contributed by atoms with Crippen LogP contribution in [0.25, 0.3) is 22.3 Å². The molecule has 0 aromatic heterocycles. The van der Waals surface area contributed by atoms with Crippen molar-refractivity contribution >= 4 is 47.1 Å². The number of rotatable bonds is 21. The van der Waals surface area contributed by atoms with Gasteiger partial charge < -0.3 is 47.0 Å². The van der Waals surface area contributed by atoms with Crippen molar-refractivity contribution in [2.24, 2.45) is 16.7 Å². The second-order valence-corrected chi connectivity index (χ2v) is 23.8. The van der Waals surface area contributed by atoms with E-state index in [4.69, 9.17) is 0 Å². The van der Waals surface area contributed by atoms with Crippen molar-refractivity contribution in [2.45, 2.75) is 130 Å². The van der Waals surface area contributed by atoms with E-state index in [9.17, 15) is 38.4 Å². The molecule has 17 heteroatoms. The van der Waals surface area contributed by atoms with E-state index in [0.717, 1.165) is 33.4 Å². The summed E-state index contributed by atoms with van der Waals surface area (Å²) in [5, 5.41) is 20.8. The summed E-state index contributed by atoms with van der Waals surface area (Å²) in [5.41, 5.74) is 4.73. The van der Waals surface area contributed by atoms with Crippen LogP contribution in [0.5, 0.6) is 0 Å². The summed E-state index contributed by atoms with van der Waals surface area (Å²) >= 11 is 0. The normalized spacial score (nSPS) is 18.6. The number of carbonyl (C=O) groups is 8. The minimum Gasteiger partial charge on any atom is -0.350 e. The lowest BCUT2D eigenvalue weighted by atomic mass is 9.85. The zero-order valence-electron chi connectivity index (χ0n) is 48.9. The molecule has 0 radical (unpaired) electrons. The van der Waals surface area contributed by atoms with Crippen molar-refractivity contribution in [3.63, 3.8) is 0 Å². The quantitative estimate of drug-likeness (QED) is 0.0399. The fourth-order valence-electron chi connectivity index (χ4n) is 10.6. The van der Waals surface area contributed by atoms with Crippen molar-refractivity contribution < 1.29 is 38.4 Å². The summed E-state index contributed by atoms with van der Waals surface area (Å²) in [5.74, 6) is -3.57. The number of nitrogens with one attached hydrogen (secondary N) is 7. The van der Waals surface area contributed by atoms with Crippen LogP contribution >= 0.6 is 0 Å². The number of amides is 7. The van der Waals surface area contributed by atoms with Gasteiger partial charge in [-0.2, -0.15) is 0 Å². The lowest BCUT2D eigenvalue weighted by molar-refractivity contribution is -0.144. The molecule has 5 aromatic carbocycles. The van der Waals surface area contributed by atoms with Crippen LogP contribution in [0.2, 0.25) is 0 Å². The van der Waals surface area contributed by atoms with Gasteiger partial charge in [0, 0.05) is 49.8 Å². The average molecular weight is 1120 g/mol. The lowest BCUT2D eigenvalue weighted by Crippen LogP contribution is -2.59. The fraction of sp³-hybridized carbons (Fsp3) is 0.415. The molecule has 2 heterocycles. The molecular formula is C65H81N9O8. The zero-order valence-corrected chi connectivity index (χ0v) is 48.9. The molecule has 17 nitrogen and oxygen atoms in total. The van der Waals surface area contributed by atoms with E-state index < -0.39 is 82.7 Å². The van der Waals surface area contributed by atoms with E-state index in [-0.39, 0.29) is 74.5 Å². The van der Waals surface area contributed by atoms with Crippen LogP contribution in [-0.4, -0.2) is 126 Å². The smallest absolute Gasteiger partial charge is 0.251 e. The molecule has 7 rings (SSSR count). The second-order valence-electron chi connectivity index (χ2n) is 23.8. The van der Waals surface area contributed by atoms with Crippen molar-refractivity contribution in [1.82, 2.24) is 47.0 Å². The molecule has 0 bridgehead atoms. The van der Waals surface area contributed by atoms with Crippen LogP contribution in [0.4, 0.5) is 0 Å². The Labute approximate surface area is 482 Å². The highest BCUT2D eigenvalue weighted by Crippen LogP contribution is 2.33. The third-order valence-electron chi connectivity index (χ3n) is 15.7. The van der Waals surface area contributed by atoms with Crippen molar-refractivity contribution in [3.8, 4) is 22.3 Å². The molecule has 0 saturated carbocycles. The zero-order chi connectivity index (χ0) is 59.5.